The van der Waals surface area contributed by atoms with Crippen LogP contribution in [0.3, 0.4) is 0 Å². The number of aliphatic carboxylic acids is 1. The first-order chi connectivity index (χ1) is 20.9. The molecule has 0 bridgehead atoms. The number of aliphatic imine (C=N–C) groups is 1. The van der Waals surface area contributed by atoms with Gasteiger partial charge in [0.15, 0.2) is 0 Å². The minimum absolute atomic E-state index is 0.293. The Morgan fingerprint density at radius 2 is 1.44 bits per heavy atom. The number of fused-ring (bicyclic) bond motifs is 3. The molecule has 0 fully saturated rings. The summed E-state index contributed by atoms with van der Waals surface area (Å²) < 4.78 is 16.3. The summed E-state index contributed by atoms with van der Waals surface area (Å²) in [5.41, 5.74) is 3.79. The van der Waals surface area contributed by atoms with Crippen molar-refractivity contribution in [2.24, 2.45) is 4.99 Å². The van der Waals surface area contributed by atoms with Gasteiger partial charge in [-0.15, -0.1) is 0 Å². The van der Waals surface area contributed by atoms with Crippen LogP contribution in [0.25, 0.3) is 5.69 Å². The first-order valence-corrected chi connectivity index (χ1v) is 16.6. The van der Waals surface area contributed by atoms with E-state index in [1.165, 1.54) is 89.5 Å². The lowest BCUT2D eigenvalue weighted by Crippen LogP contribution is -2.09. The Morgan fingerprint density at radius 1 is 0.860 bits per heavy atom. The van der Waals surface area contributed by atoms with Crippen molar-refractivity contribution < 1.29 is 14.3 Å². The fourth-order valence-corrected chi connectivity index (χ4v) is 5.77. The van der Waals surface area contributed by atoms with E-state index in [2.05, 4.69) is 16.9 Å². The summed E-state index contributed by atoms with van der Waals surface area (Å²) in [4.78, 5) is 19.3. The van der Waals surface area contributed by atoms with E-state index in [0.717, 1.165) is 35.6 Å². The molecule has 2 heterocycles. The summed E-state index contributed by atoms with van der Waals surface area (Å²) in [6.07, 6.45) is 22.0. The normalized spacial score (nSPS) is 12.0. The van der Waals surface area contributed by atoms with Gasteiger partial charge in [0.25, 0.3) is 0 Å². The topological polar surface area (TPSA) is 67.5 Å². The zero-order valence-electron chi connectivity index (χ0n) is 26.1. The summed E-state index contributed by atoms with van der Waals surface area (Å²) in [5.74, 6) is -0.0770. The summed E-state index contributed by atoms with van der Waals surface area (Å²) in [7, 11) is 0. The lowest BCUT2D eigenvalue weighted by Gasteiger charge is -2.14. The molecule has 0 unspecified atom stereocenters. The van der Waals surface area contributed by atoms with E-state index in [4.69, 9.17) is 16.7 Å². The molecule has 1 aliphatic heterocycles. The van der Waals surface area contributed by atoms with Gasteiger partial charge in [-0.1, -0.05) is 121 Å². The van der Waals surface area contributed by atoms with Gasteiger partial charge in [0, 0.05) is 22.6 Å². The Balaban J connectivity index is 0.000000239. The Kier molecular flexibility index (Phi) is 15.5. The number of rotatable bonds is 17. The predicted molar refractivity (Wildman–Crippen MR) is 176 cm³/mol. The number of imidazole rings is 1. The van der Waals surface area contributed by atoms with E-state index in [0.29, 0.717) is 29.3 Å². The van der Waals surface area contributed by atoms with Gasteiger partial charge in [0.1, 0.15) is 11.6 Å². The van der Waals surface area contributed by atoms with Crippen LogP contribution in [0.1, 0.15) is 132 Å². The minimum atomic E-state index is -0.653. The van der Waals surface area contributed by atoms with Crippen LogP contribution in [0.5, 0.6) is 0 Å². The van der Waals surface area contributed by atoms with Gasteiger partial charge in [0.2, 0.25) is 0 Å². The largest absolute Gasteiger partial charge is 0.481 e. The molecule has 0 radical (unpaired) electrons. The van der Waals surface area contributed by atoms with Crippen molar-refractivity contribution in [3.05, 3.63) is 82.1 Å². The number of carbonyl (C=O) groups is 1. The third-order valence-corrected chi connectivity index (χ3v) is 8.22. The molecule has 5 nitrogen and oxygen atoms in total. The maximum Gasteiger partial charge on any atom is 0.303 e. The Hall–Kier alpha value is -2.99. The SMILES string of the molecule is CCCCCCCCCCCCCCCCCC(=O)O.Cc1ncc2n1-c1ccc(Cl)cc1C(c1ccccc1F)=NC2. The fourth-order valence-electron chi connectivity index (χ4n) is 5.60. The molecule has 1 aromatic heterocycles. The van der Waals surface area contributed by atoms with Crippen LogP contribution in [-0.2, 0) is 11.3 Å². The number of unbranched alkanes of at least 4 members (excludes halogenated alkanes) is 14. The number of carboxylic acids is 1. The summed E-state index contributed by atoms with van der Waals surface area (Å²) in [5, 5.41) is 9.11. The van der Waals surface area contributed by atoms with Crippen LogP contribution < -0.4 is 0 Å². The van der Waals surface area contributed by atoms with Gasteiger partial charge in [-0.2, -0.15) is 0 Å². The van der Waals surface area contributed by atoms with Crippen molar-refractivity contribution in [2.75, 3.05) is 0 Å². The highest BCUT2D eigenvalue weighted by Crippen LogP contribution is 2.29. The van der Waals surface area contributed by atoms with E-state index in [9.17, 15) is 9.18 Å². The third kappa shape index (κ3) is 11.6. The van der Waals surface area contributed by atoms with Crippen molar-refractivity contribution in [1.29, 1.82) is 0 Å². The second kappa shape index (κ2) is 19.3. The van der Waals surface area contributed by atoms with E-state index in [1.807, 2.05) is 42.0 Å². The molecule has 4 rings (SSSR count). The van der Waals surface area contributed by atoms with Crippen molar-refractivity contribution in [1.82, 2.24) is 9.55 Å². The summed E-state index contributed by atoms with van der Waals surface area (Å²) >= 11 is 6.19. The summed E-state index contributed by atoms with van der Waals surface area (Å²) in [6, 6.07) is 12.3. The number of hydrogen-bond acceptors (Lipinski definition) is 3. The zero-order chi connectivity index (χ0) is 30.9. The molecular weight excluding hydrogens is 561 g/mol. The molecule has 0 atom stereocenters. The van der Waals surface area contributed by atoms with Crippen molar-refractivity contribution >= 4 is 23.3 Å². The van der Waals surface area contributed by atoms with Crippen LogP contribution in [0.4, 0.5) is 4.39 Å². The molecule has 3 aromatic rings. The molecule has 0 saturated carbocycles. The molecule has 0 spiro atoms. The van der Waals surface area contributed by atoms with Gasteiger partial charge >= 0.3 is 5.97 Å². The maximum absolute atomic E-state index is 14.3. The average Bonchev–Trinajstić information content (AvgIpc) is 3.27. The van der Waals surface area contributed by atoms with Gasteiger partial charge in [-0.3, -0.25) is 14.4 Å². The lowest BCUT2D eigenvalue weighted by molar-refractivity contribution is -0.137. The van der Waals surface area contributed by atoms with Crippen molar-refractivity contribution in [3.63, 3.8) is 0 Å². The quantitative estimate of drug-likeness (QED) is 0.155. The second-order valence-corrected chi connectivity index (χ2v) is 12.0. The summed E-state index contributed by atoms with van der Waals surface area (Å²) in [6.45, 7) is 4.65. The molecule has 0 aliphatic carbocycles. The van der Waals surface area contributed by atoms with Crippen LogP contribution >= 0.6 is 11.6 Å². The first-order valence-electron chi connectivity index (χ1n) is 16.3. The van der Waals surface area contributed by atoms with Crippen molar-refractivity contribution in [3.8, 4) is 5.69 Å². The number of halogens is 2. The van der Waals surface area contributed by atoms with Crippen LogP contribution in [0, 0.1) is 12.7 Å². The second-order valence-electron chi connectivity index (χ2n) is 11.5. The highest BCUT2D eigenvalue weighted by molar-refractivity contribution is 6.31. The molecule has 1 aliphatic rings. The van der Waals surface area contributed by atoms with Crippen LogP contribution in [0.15, 0.2) is 53.7 Å². The Bertz CT molecular complexity index is 1300. The maximum atomic E-state index is 14.3. The van der Waals surface area contributed by atoms with Gasteiger partial charge in [-0.25, -0.2) is 9.37 Å². The van der Waals surface area contributed by atoms with E-state index >= 15 is 0 Å². The molecular formula is C36H49ClFN3O2. The number of benzene rings is 2. The highest BCUT2D eigenvalue weighted by Gasteiger charge is 2.22. The van der Waals surface area contributed by atoms with Gasteiger partial charge in [0.05, 0.1) is 29.8 Å². The van der Waals surface area contributed by atoms with Gasteiger partial charge in [-0.05, 0) is 43.7 Å². The number of carboxylic acid groups (broad SMARTS) is 1. The zero-order valence-corrected chi connectivity index (χ0v) is 26.8. The standard InChI is InChI=1S/C18H13ClFN3.C18H36O2/c1-11-21-9-13-10-22-18(14-4-2-3-5-16(14)20)15-8-12(19)6-7-17(15)23(11)13;1-2-3-4-5-6-7-8-9-10-11-12-13-14-15-16-17-18(19)20/h2-9H,10H2,1H3;2-17H2,1H3,(H,19,20). The van der Waals surface area contributed by atoms with E-state index < -0.39 is 5.97 Å². The Morgan fingerprint density at radius 3 is 2.02 bits per heavy atom. The first kappa shape index (κ1) is 34.5. The lowest BCUT2D eigenvalue weighted by atomic mass is 10.00. The number of aryl methyl sites for hydroxylation is 1. The smallest absolute Gasteiger partial charge is 0.303 e. The van der Waals surface area contributed by atoms with Crippen LogP contribution in [0.2, 0.25) is 5.02 Å². The number of aromatic nitrogens is 2. The molecule has 0 saturated heterocycles. The molecule has 1 N–H and O–H groups in total. The number of hydrogen-bond donors (Lipinski definition) is 1. The molecule has 2 aromatic carbocycles. The van der Waals surface area contributed by atoms with Crippen molar-refractivity contribution in [2.45, 2.75) is 123 Å². The van der Waals surface area contributed by atoms with E-state index in [-0.39, 0.29) is 5.82 Å². The average molecular weight is 610 g/mol. The number of nitrogens with zero attached hydrogens (tertiary/aromatic N) is 3. The monoisotopic (exact) mass is 609 g/mol. The van der Waals surface area contributed by atoms with Crippen LogP contribution in [-0.4, -0.2) is 26.3 Å². The molecule has 7 heteroatoms. The molecule has 0 amide bonds. The van der Waals surface area contributed by atoms with Gasteiger partial charge < -0.3 is 5.11 Å². The highest BCUT2D eigenvalue weighted by atomic mass is 35.5. The predicted octanol–water partition coefficient (Wildman–Crippen LogP) is 10.7. The van der Waals surface area contributed by atoms with E-state index in [1.54, 1.807) is 12.1 Å². The fraction of sp³-hybridized carbons (Fsp3) is 0.528. The third-order valence-electron chi connectivity index (χ3n) is 7.99. The Labute approximate surface area is 262 Å². The molecule has 234 valence electrons. The minimum Gasteiger partial charge on any atom is -0.481 e. The molecule has 43 heavy (non-hydrogen) atoms.